The van der Waals surface area contributed by atoms with Gasteiger partial charge in [-0.2, -0.15) is 0 Å². The molecule has 1 amide bonds. The van der Waals surface area contributed by atoms with Crippen molar-refractivity contribution in [1.82, 2.24) is 5.32 Å². The monoisotopic (exact) mass is 289 g/mol. The molecule has 1 aromatic rings. The molecule has 0 aliphatic carbocycles. The summed E-state index contributed by atoms with van der Waals surface area (Å²) in [6, 6.07) is 8.01. The van der Waals surface area contributed by atoms with Gasteiger partial charge in [-0.25, -0.2) is 0 Å². The number of carbonyl (C=O) groups is 1. The number of benzene rings is 1. The molecule has 0 radical (unpaired) electrons. The predicted octanol–water partition coefficient (Wildman–Crippen LogP) is 2.86. The Morgan fingerprint density at radius 3 is 2.57 bits per heavy atom. The molecule has 2 N–H and O–H groups in total. The Labute approximate surface area is 127 Å². The summed E-state index contributed by atoms with van der Waals surface area (Å²) in [7, 11) is 4.02. The zero-order valence-corrected chi connectivity index (χ0v) is 13.4. The summed E-state index contributed by atoms with van der Waals surface area (Å²) in [6.07, 6.45) is 4.04. The van der Waals surface area contributed by atoms with Gasteiger partial charge in [0.1, 0.15) is 0 Å². The van der Waals surface area contributed by atoms with Crippen LogP contribution in [0.15, 0.2) is 24.3 Å². The molecule has 2 rings (SSSR count). The van der Waals surface area contributed by atoms with Gasteiger partial charge in [-0.1, -0.05) is 13.3 Å². The molecular formula is C17H27N3O. The van der Waals surface area contributed by atoms with Crippen molar-refractivity contribution in [1.29, 1.82) is 0 Å². The first kappa shape index (κ1) is 15.8. The van der Waals surface area contributed by atoms with Crippen LogP contribution in [0.1, 0.15) is 32.6 Å². The standard InChI is InChI=1S/C17H27N3O/c1-4-10-17(11-5-12-18-13-17)16(21)19-14-6-8-15(9-7-14)20(2)3/h6-9,18H,4-5,10-13H2,1-3H3,(H,19,21). The van der Waals surface area contributed by atoms with E-state index in [2.05, 4.69) is 22.5 Å². The molecule has 1 aromatic carbocycles. The van der Waals surface area contributed by atoms with E-state index < -0.39 is 0 Å². The molecule has 1 fully saturated rings. The maximum atomic E-state index is 12.7. The Morgan fingerprint density at radius 1 is 1.33 bits per heavy atom. The van der Waals surface area contributed by atoms with Crippen LogP contribution in [0.3, 0.4) is 0 Å². The molecule has 1 saturated heterocycles. The molecule has 1 unspecified atom stereocenters. The van der Waals surface area contributed by atoms with Crippen LogP contribution < -0.4 is 15.5 Å². The van der Waals surface area contributed by atoms with Gasteiger partial charge in [0.15, 0.2) is 0 Å². The van der Waals surface area contributed by atoms with E-state index >= 15 is 0 Å². The van der Waals surface area contributed by atoms with Crippen molar-refractivity contribution in [2.75, 3.05) is 37.4 Å². The number of hydrogen-bond acceptors (Lipinski definition) is 3. The van der Waals surface area contributed by atoms with E-state index in [0.29, 0.717) is 0 Å². The largest absolute Gasteiger partial charge is 0.378 e. The van der Waals surface area contributed by atoms with E-state index in [-0.39, 0.29) is 11.3 Å². The molecule has 116 valence electrons. The third-order valence-corrected chi connectivity index (χ3v) is 4.32. The van der Waals surface area contributed by atoms with Crippen molar-refractivity contribution in [3.8, 4) is 0 Å². The first-order valence-corrected chi connectivity index (χ1v) is 7.87. The summed E-state index contributed by atoms with van der Waals surface area (Å²) in [4.78, 5) is 14.8. The van der Waals surface area contributed by atoms with E-state index in [1.54, 1.807) is 0 Å². The van der Waals surface area contributed by atoms with Crippen LogP contribution in [-0.4, -0.2) is 33.1 Å². The van der Waals surface area contributed by atoms with E-state index in [1.807, 2.05) is 38.4 Å². The summed E-state index contributed by atoms with van der Waals surface area (Å²) in [6.45, 7) is 3.97. The fourth-order valence-electron chi connectivity index (χ4n) is 3.07. The smallest absolute Gasteiger partial charge is 0.231 e. The minimum absolute atomic E-state index is 0.161. The lowest BCUT2D eigenvalue weighted by Crippen LogP contribution is -2.48. The van der Waals surface area contributed by atoms with Gasteiger partial charge in [0.2, 0.25) is 5.91 Å². The molecule has 0 saturated carbocycles. The number of amides is 1. The summed E-state index contributed by atoms with van der Waals surface area (Å²) in [5.41, 5.74) is 1.77. The number of carbonyl (C=O) groups excluding carboxylic acids is 1. The minimum atomic E-state index is -0.243. The fourth-order valence-corrected chi connectivity index (χ4v) is 3.07. The maximum absolute atomic E-state index is 12.7. The molecule has 4 heteroatoms. The number of piperidine rings is 1. The van der Waals surface area contributed by atoms with Crippen molar-refractivity contribution in [3.63, 3.8) is 0 Å². The molecular weight excluding hydrogens is 262 g/mol. The van der Waals surface area contributed by atoms with Gasteiger partial charge in [0, 0.05) is 32.0 Å². The third kappa shape index (κ3) is 3.76. The maximum Gasteiger partial charge on any atom is 0.231 e. The molecule has 21 heavy (non-hydrogen) atoms. The van der Waals surface area contributed by atoms with Crippen LogP contribution in [-0.2, 0) is 4.79 Å². The third-order valence-electron chi connectivity index (χ3n) is 4.32. The Hall–Kier alpha value is -1.55. The van der Waals surface area contributed by atoms with Gasteiger partial charge >= 0.3 is 0 Å². The molecule has 1 aliphatic heterocycles. The van der Waals surface area contributed by atoms with E-state index in [4.69, 9.17) is 0 Å². The van der Waals surface area contributed by atoms with Crippen LogP contribution in [0.2, 0.25) is 0 Å². The minimum Gasteiger partial charge on any atom is -0.378 e. The summed E-state index contributed by atoms with van der Waals surface area (Å²) < 4.78 is 0. The molecule has 0 bridgehead atoms. The summed E-state index contributed by atoms with van der Waals surface area (Å²) >= 11 is 0. The average Bonchev–Trinajstić information content (AvgIpc) is 2.49. The summed E-state index contributed by atoms with van der Waals surface area (Å²) in [5, 5.41) is 6.49. The second kappa shape index (κ2) is 6.94. The fraction of sp³-hybridized carbons (Fsp3) is 0.588. The van der Waals surface area contributed by atoms with Crippen molar-refractivity contribution in [2.45, 2.75) is 32.6 Å². The first-order valence-electron chi connectivity index (χ1n) is 7.87. The number of rotatable bonds is 5. The molecule has 1 aliphatic rings. The van der Waals surface area contributed by atoms with Gasteiger partial charge < -0.3 is 15.5 Å². The molecule has 0 spiro atoms. The molecule has 1 atom stereocenters. The average molecular weight is 289 g/mol. The van der Waals surface area contributed by atoms with Crippen LogP contribution in [0.5, 0.6) is 0 Å². The van der Waals surface area contributed by atoms with Crippen LogP contribution in [0.4, 0.5) is 11.4 Å². The van der Waals surface area contributed by atoms with Crippen molar-refractivity contribution < 1.29 is 4.79 Å². The molecule has 1 heterocycles. The topological polar surface area (TPSA) is 44.4 Å². The highest BCUT2D eigenvalue weighted by Crippen LogP contribution is 2.33. The lowest BCUT2D eigenvalue weighted by Gasteiger charge is -2.36. The summed E-state index contributed by atoms with van der Waals surface area (Å²) in [5.74, 6) is 0.161. The number of nitrogens with one attached hydrogen (secondary N) is 2. The van der Waals surface area contributed by atoms with Crippen molar-refractivity contribution in [2.24, 2.45) is 5.41 Å². The predicted molar refractivity (Wildman–Crippen MR) is 88.8 cm³/mol. The lowest BCUT2D eigenvalue weighted by molar-refractivity contribution is -0.127. The van der Waals surface area contributed by atoms with Crippen molar-refractivity contribution >= 4 is 17.3 Å². The van der Waals surface area contributed by atoms with Crippen molar-refractivity contribution in [3.05, 3.63) is 24.3 Å². The van der Waals surface area contributed by atoms with E-state index in [0.717, 1.165) is 50.1 Å². The van der Waals surface area contributed by atoms with E-state index in [1.165, 1.54) is 0 Å². The SMILES string of the molecule is CCCC1(C(=O)Nc2ccc(N(C)C)cc2)CCCNC1. The second-order valence-electron chi connectivity index (χ2n) is 6.21. The Morgan fingerprint density at radius 2 is 2.05 bits per heavy atom. The van der Waals surface area contributed by atoms with Gasteiger partial charge in [-0.05, 0) is 50.1 Å². The first-order chi connectivity index (χ1) is 10.1. The normalized spacial score (nSPS) is 21.9. The Kier molecular flexibility index (Phi) is 5.23. The van der Waals surface area contributed by atoms with Gasteiger partial charge in [-0.3, -0.25) is 4.79 Å². The van der Waals surface area contributed by atoms with Gasteiger partial charge in [-0.15, -0.1) is 0 Å². The van der Waals surface area contributed by atoms with Crippen LogP contribution in [0, 0.1) is 5.41 Å². The quantitative estimate of drug-likeness (QED) is 0.876. The van der Waals surface area contributed by atoms with E-state index in [9.17, 15) is 4.79 Å². The number of hydrogen-bond donors (Lipinski definition) is 2. The zero-order valence-electron chi connectivity index (χ0n) is 13.4. The Bertz CT molecular complexity index is 456. The number of anilines is 2. The van der Waals surface area contributed by atoms with Crippen LogP contribution in [0.25, 0.3) is 0 Å². The highest BCUT2D eigenvalue weighted by atomic mass is 16.2. The highest BCUT2D eigenvalue weighted by Gasteiger charge is 2.38. The second-order valence-corrected chi connectivity index (χ2v) is 6.21. The lowest BCUT2D eigenvalue weighted by atomic mass is 9.76. The molecule has 4 nitrogen and oxygen atoms in total. The number of nitrogens with zero attached hydrogens (tertiary/aromatic N) is 1. The highest BCUT2D eigenvalue weighted by molar-refractivity contribution is 5.95. The van der Waals surface area contributed by atoms with Crippen LogP contribution >= 0.6 is 0 Å². The molecule has 0 aromatic heterocycles. The Balaban J connectivity index is 2.07. The van der Waals surface area contributed by atoms with Gasteiger partial charge in [0.05, 0.1) is 5.41 Å². The van der Waals surface area contributed by atoms with Gasteiger partial charge in [0.25, 0.3) is 0 Å². The zero-order chi connectivity index (χ0) is 15.3.